The molecule has 0 aliphatic rings. The standard InChI is InChI=1S/C18H16BN3O2/c1-10-12-5-6-24-18(12)14(8-15(10)19(2)23)11-3-4-13-16(20)9-21-22-17(13)7-11/h3-9,23H,1-2H3,(H2,20,22). The number of fused-ring (bicyclic) bond motifs is 2. The lowest BCUT2D eigenvalue weighted by Gasteiger charge is -2.12. The van der Waals surface area contributed by atoms with Crippen molar-refractivity contribution in [3.05, 3.63) is 48.4 Å². The fourth-order valence-corrected chi connectivity index (χ4v) is 3.20. The van der Waals surface area contributed by atoms with E-state index in [1.165, 1.54) is 0 Å². The molecule has 0 amide bonds. The van der Waals surface area contributed by atoms with Gasteiger partial charge in [-0.05, 0) is 41.7 Å². The van der Waals surface area contributed by atoms with Gasteiger partial charge in [0.25, 0.3) is 0 Å². The maximum Gasteiger partial charge on any atom is 0.320 e. The summed E-state index contributed by atoms with van der Waals surface area (Å²) in [5.74, 6) is 0. The minimum Gasteiger partial charge on any atom is -0.464 e. The molecule has 24 heavy (non-hydrogen) atoms. The van der Waals surface area contributed by atoms with E-state index in [1.807, 2.05) is 37.3 Å². The molecule has 0 aliphatic carbocycles. The van der Waals surface area contributed by atoms with Crippen molar-refractivity contribution >= 4 is 39.9 Å². The Labute approximate surface area is 139 Å². The molecular weight excluding hydrogens is 301 g/mol. The second kappa shape index (κ2) is 5.35. The molecule has 2 aromatic carbocycles. The minimum atomic E-state index is -0.557. The van der Waals surface area contributed by atoms with Crippen molar-refractivity contribution in [1.29, 1.82) is 0 Å². The molecule has 0 spiro atoms. The summed E-state index contributed by atoms with van der Waals surface area (Å²) in [6, 6.07) is 9.77. The van der Waals surface area contributed by atoms with Gasteiger partial charge < -0.3 is 15.2 Å². The zero-order chi connectivity index (χ0) is 16.8. The predicted molar refractivity (Wildman–Crippen MR) is 97.4 cm³/mol. The van der Waals surface area contributed by atoms with E-state index in [9.17, 15) is 5.02 Å². The number of rotatable bonds is 2. The SMILES string of the molecule is CB(O)c1cc(-c2ccc3c(N)cnnc3c2)c2occc2c1C. The number of nitrogens with zero attached hydrogens (tertiary/aromatic N) is 2. The Morgan fingerprint density at radius 3 is 2.79 bits per heavy atom. The topological polar surface area (TPSA) is 85.2 Å². The molecule has 4 aromatic rings. The van der Waals surface area contributed by atoms with Crippen LogP contribution in [0.15, 0.2) is 47.2 Å². The molecule has 0 saturated carbocycles. The van der Waals surface area contributed by atoms with Crippen LogP contribution in [0.4, 0.5) is 5.69 Å². The van der Waals surface area contributed by atoms with Gasteiger partial charge in [-0.2, -0.15) is 10.2 Å². The molecule has 0 aliphatic heterocycles. The Balaban J connectivity index is 2.02. The van der Waals surface area contributed by atoms with E-state index >= 15 is 0 Å². The molecule has 4 rings (SSSR count). The lowest BCUT2D eigenvalue weighted by Crippen LogP contribution is -2.29. The number of furan rings is 1. The van der Waals surface area contributed by atoms with Crippen molar-refractivity contribution in [2.45, 2.75) is 13.7 Å². The highest BCUT2D eigenvalue weighted by Crippen LogP contribution is 2.32. The highest BCUT2D eigenvalue weighted by atomic mass is 16.3. The molecule has 118 valence electrons. The summed E-state index contributed by atoms with van der Waals surface area (Å²) < 4.78 is 5.71. The molecular formula is C18H16BN3O2. The third kappa shape index (κ3) is 2.15. The molecule has 0 saturated heterocycles. The number of hydrogen-bond acceptors (Lipinski definition) is 5. The van der Waals surface area contributed by atoms with Gasteiger partial charge in [0.05, 0.1) is 23.7 Å². The monoisotopic (exact) mass is 317 g/mol. The smallest absolute Gasteiger partial charge is 0.320 e. The van der Waals surface area contributed by atoms with E-state index in [4.69, 9.17) is 10.2 Å². The van der Waals surface area contributed by atoms with Crippen molar-refractivity contribution in [3.63, 3.8) is 0 Å². The van der Waals surface area contributed by atoms with Crippen LogP contribution in [0.5, 0.6) is 0 Å². The lowest BCUT2D eigenvalue weighted by atomic mass is 9.62. The predicted octanol–water partition coefficient (Wildman–Crippen LogP) is 2.75. The summed E-state index contributed by atoms with van der Waals surface area (Å²) in [5, 5.41) is 20.1. The fraction of sp³-hybridized carbons (Fsp3) is 0.111. The maximum atomic E-state index is 10.1. The van der Waals surface area contributed by atoms with E-state index in [2.05, 4.69) is 10.2 Å². The van der Waals surface area contributed by atoms with Crippen LogP contribution in [0.2, 0.25) is 6.82 Å². The molecule has 2 heterocycles. The van der Waals surface area contributed by atoms with Crippen molar-refractivity contribution in [2.24, 2.45) is 0 Å². The Morgan fingerprint density at radius 1 is 1.17 bits per heavy atom. The van der Waals surface area contributed by atoms with E-state index in [1.54, 1.807) is 19.3 Å². The Kier molecular flexibility index (Phi) is 3.28. The average Bonchev–Trinajstić information content (AvgIpc) is 3.05. The number of nitrogen functional groups attached to an aromatic ring is 1. The zero-order valence-electron chi connectivity index (χ0n) is 13.4. The molecule has 6 heteroatoms. The molecule has 0 radical (unpaired) electrons. The van der Waals surface area contributed by atoms with Crippen molar-refractivity contribution in [3.8, 4) is 11.1 Å². The molecule has 0 bridgehead atoms. The molecule has 2 aromatic heterocycles. The molecule has 3 N–H and O–H groups in total. The van der Waals surface area contributed by atoms with Crippen LogP contribution in [0.1, 0.15) is 5.56 Å². The Hall–Kier alpha value is -2.86. The van der Waals surface area contributed by atoms with Crippen molar-refractivity contribution in [2.75, 3.05) is 5.73 Å². The van der Waals surface area contributed by atoms with Crippen molar-refractivity contribution < 1.29 is 9.44 Å². The van der Waals surface area contributed by atoms with Gasteiger partial charge in [0.1, 0.15) is 5.58 Å². The lowest BCUT2D eigenvalue weighted by molar-refractivity contribution is 0.593. The van der Waals surface area contributed by atoms with Crippen LogP contribution in [0.25, 0.3) is 33.0 Å². The van der Waals surface area contributed by atoms with Crippen LogP contribution in [0.3, 0.4) is 0 Å². The molecule has 0 atom stereocenters. The summed E-state index contributed by atoms with van der Waals surface area (Å²) in [6.45, 7) is 3.21. The van der Waals surface area contributed by atoms with E-state index < -0.39 is 6.92 Å². The third-order valence-electron chi connectivity index (χ3n) is 4.48. The van der Waals surface area contributed by atoms with E-state index in [0.717, 1.165) is 44.0 Å². The van der Waals surface area contributed by atoms with Crippen LogP contribution < -0.4 is 11.2 Å². The summed E-state index contributed by atoms with van der Waals surface area (Å²) in [4.78, 5) is 0. The van der Waals surface area contributed by atoms with Crippen LogP contribution in [-0.4, -0.2) is 22.1 Å². The molecule has 0 unspecified atom stereocenters. The highest BCUT2D eigenvalue weighted by molar-refractivity contribution is 6.65. The number of aromatic nitrogens is 2. The maximum absolute atomic E-state index is 10.1. The summed E-state index contributed by atoms with van der Waals surface area (Å²) in [5.41, 5.74) is 11.9. The van der Waals surface area contributed by atoms with Gasteiger partial charge in [-0.1, -0.05) is 19.0 Å². The minimum absolute atomic E-state index is 0.557. The third-order valence-corrected chi connectivity index (χ3v) is 4.48. The van der Waals surface area contributed by atoms with Gasteiger partial charge in [0, 0.05) is 16.3 Å². The first-order chi connectivity index (χ1) is 11.6. The first kappa shape index (κ1) is 14.7. The number of aryl methyl sites for hydroxylation is 1. The summed E-state index contributed by atoms with van der Waals surface area (Å²) in [7, 11) is 0. The van der Waals surface area contributed by atoms with Gasteiger partial charge >= 0.3 is 6.92 Å². The van der Waals surface area contributed by atoms with Gasteiger partial charge in [-0.25, -0.2) is 0 Å². The largest absolute Gasteiger partial charge is 0.464 e. The Bertz CT molecular complexity index is 1070. The Morgan fingerprint density at radius 2 is 2.00 bits per heavy atom. The fourth-order valence-electron chi connectivity index (χ4n) is 3.20. The quantitative estimate of drug-likeness (QED) is 0.555. The number of anilines is 1. The first-order valence-corrected chi connectivity index (χ1v) is 7.76. The highest BCUT2D eigenvalue weighted by Gasteiger charge is 2.18. The van der Waals surface area contributed by atoms with Gasteiger partial charge in [-0.3, -0.25) is 0 Å². The second-order valence-corrected chi connectivity index (χ2v) is 6.01. The second-order valence-electron chi connectivity index (χ2n) is 6.01. The van der Waals surface area contributed by atoms with E-state index in [0.29, 0.717) is 5.69 Å². The van der Waals surface area contributed by atoms with Crippen LogP contribution >= 0.6 is 0 Å². The molecule has 5 nitrogen and oxygen atoms in total. The molecule has 0 fully saturated rings. The number of nitrogens with two attached hydrogens (primary N) is 1. The van der Waals surface area contributed by atoms with Gasteiger partial charge in [0.15, 0.2) is 0 Å². The zero-order valence-corrected chi connectivity index (χ0v) is 13.4. The van der Waals surface area contributed by atoms with Crippen LogP contribution in [-0.2, 0) is 0 Å². The first-order valence-electron chi connectivity index (χ1n) is 7.76. The summed E-state index contributed by atoms with van der Waals surface area (Å²) >= 11 is 0. The van der Waals surface area contributed by atoms with Gasteiger partial charge in [-0.15, -0.1) is 0 Å². The van der Waals surface area contributed by atoms with Crippen LogP contribution in [0, 0.1) is 6.92 Å². The van der Waals surface area contributed by atoms with Gasteiger partial charge in [0.2, 0.25) is 0 Å². The number of hydrogen-bond donors (Lipinski definition) is 2. The summed E-state index contributed by atoms with van der Waals surface area (Å²) in [6.07, 6.45) is 3.22. The normalized spacial score (nSPS) is 11.3. The van der Waals surface area contributed by atoms with Crippen molar-refractivity contribution in [1.82, 2.24) is 10.2 Å². The number of benzene rings is 2. The van der Waals surface area contributed by atoms with E-state index in [-0.39, 0.29) is 0 Å². The average molecular weight is 317 g/mol.